The molecule has 2 amide bonds. The number of rotatable bonds is 4. The first-order valence-electron chi connectivity index (χ1n) is 8.43. The molecule has 0 bridgehead atoms. The summed E-state index contributed by atoms with van der Waals surface area (Å²) in [6.07, 6.45) is -1.63. The van der Waals surface area contributed by atoms with Gasteiger partial charge in [0.25, 0.3) is 11.8 Å². The molecule has 0 saturated carbocycles. The minimum Gasteiger partial charge on any atom is -0.507 e. The van der Waals surface area contributed by atoms with E-state index >= 15 is 0 Å². The van der Waals surface area contributed by atoms with Crippen molar-refractivity contribution in [1.29, 1.82) is 0 Å². The van der Waals surface area contributed by atoms with Gasteiger partial charge in [0, 0.05) is 18.0 Å². The van der Waals surface area contributed by atoms with Gasteiger partial charge in [0.15, 0.2) is 0 Å². The largest absolute Gasteiger partial charge is 0.507 e. The Morgan fingerprint density at radius 1 is 0.900 bits per heavy atom. The Morgan fingerprint density at radius 2 is 1.60 bits per heavy atom. The lowest BCUT2D eigenvalue weighted by Gasteiger charge is -2.12. The number of benzene rings is 2. The van der Waals surface area contributed by atoms with E-state index in [9.17, 15) is 27.9 Å². The highest BCUT2D eigenvalue weighted by atomic mass is 19.4. The first-order chi connectivity index (χ1) is 14.2. The van der Waals surface area contributed by atoms with Crippen LogP contribution in [0.2, 0.25) is 0 Å². The average molecular weight is 417 g/mol. The molecule has 30 heavy (non-hydrogen) atoms. The Labute approximate surface area is 168 Å². The second-order valence-corrected chi connectivity index (χ2v) is 5.95. The zero-order valence-corrected chi connectivity index (χ0v) is 15.1. The number of pyridine rings is 1. The second kappa shape index (κ2) is 8.52. The topological polar surface area (TPSA) is 101 Å². The summed E-state index contributed by atoms with van der Waals surface area (Å²) in [5, 5.41) is 9.67. The van der Waals surface area contributed by atoms with Gasteiger partial charge in [-0.15, -0.1) is 0 Å². The number of nitrogens with zero attached hydrogens (tertiary/aromatic N) is 1. The number of aromatic nitrogens is 1. The summed E-state index contributed by atoms with van der Waals surface area (Å²) >= 11 is 0. The van der Waals surface area contributed by atoms with Gasteiger partial charge >= 0.3 is 6.18 Å². The van der Waals surface area contributed by atoms with E-state index in [0.717, 1.165) is 6.07 Å². The van der Waals surface area contributed by atoms with Crippen molar-refractivity contribution in [2.24, 2.45) is 0 Å². The summed E-state index contributed by atoms with van der Waals surface area (Å²) in [6.45, 7) is 0. The first-order valence-corrected chi connectivity index (χ1v) is 8.43. The van der Waals surface area contributed by atoms with Crippen LogP contribution in [-0.2, 0) is 6.18 Å². The third kappa shape index (κ3) is 5.04. The van der Waals surface area contributed by atoms with Gasteiger partial charge in [0.1, 0.15) is 17.2 Å². The molecule has 0 spiro atoms. The van der Waals surface area contributed by atoms with Gasteiger partial charge in [-0.3, -0.25) is 25.4 Å². The summed E-state index contributed by atoms with van der Waals surface area (Å²) in [4.78, 5) is 28.2. The molecule has 0 unspecified atom stereocenters. The van der Waals surface area contributed by atoms with Gasteiger partial charge < -0.3 is 9.84 Å². The van der Waals surface area contributed by atoms with Crippen LogP contribution in [0.15, 0.2) is 67.0 Å². The van der Waals surface area contributed by atoms with Crippen LogP contribution < -0.4 is 15.6 Å². The fraction of sp³-hybridized carbons (Fsp3) is 0.0500. The fourth-order valence-electron chi connectivity index (χ4n) is 2.39. The molecular weight excluding hydrogens is 403 g/mol. The highest BCUT2D eigenvalue weighted by Crippen LogP contribution is 2.32. The molecule has 2 aromatic carbocycles. The number of hydrazine groups is 1. The quantitative estimate of drug-likeness (QED) is 0.563. The number of amides is 2. The summed E-state index contributed by atoms with van der Waals surface area (Å²) in [6, 6.07) is 11.1. The van der Waals surface area contributed by atoms with Gasteiger partial charge in [0.05, 0.1) is 11.1 Å². The van der Waals surface area contributed by atoms with Crippen molar-refractivity contribution in [1.82, 2.24) is 15.8 Å². The van der Waals surface area contributed by atoms with Crippen LogP contribution in [0.5, 0.6) is 17.2 Å². The molecule has 1 aromatic heterocycles. The van der Waals surface area contributed by atoms with Crippen LogP contribution >= 0.6 is 0 Å². The van der Waals surface area contributed by atoms with Gasteiger partial charge in [-0.25, -0.2) is 0 Å². The molecule has 10 heteroatoms. The van der Waals surface area contributed by atoms with Crippen molar-refractivity contribution in [2.75, 3.05) is 0 Å². The van der Waals surface area contributed by atoms with Crippen LogP contribution in [0, 0.1) is 0 Å². The zero-order valence-electron chi connectivity index (χ0n) is 15.1. The number of ether oxygens (including phenoxy) is 1. The number of hydrogen-bond acceptors (Lipinski definition) is 5. The number of alkyl halides is 3. The maximum atomic E-state index is 12.8. The van der Waals surface area contributed by atoms with Crippen LogP contribution in [0.25, 0.3) is 0 Å². The van der Waals surface area contributed by atoms with Gasteiger partial charge in [-0.2, -0.15) is 13.2 Å². The van der Waals surface area contributed by atoms with Crippen LogP contribution in [0.1, 0.15) is 26.3 Å². The van der Waals surface area contributed by atoms with E-state index in [1.807, 2.05) is 5.43 Å². The fourth-order valence-corrected chi connectivity index (χ4v) is 2.39. The molecule has 1 heterocycles. The third-order valence-corrected chi connectivity index (χ3v) is 3.84. The number of phenols is 1. The molecular formula is C20H14F3N3O4. The van der Waals surface area contributed by atoms with E-state index in [-0.39, 0.29) is 5.56 Å². The minimum absolute atomic E-state index is 0.120. The van der Waals surface area contributed by atoms with E-state index < -0.39 is 34.9 Å². The van der Waals surface area contributed by atoms with E-state index in [0.29, 0.717) is 23.6 Å². The molecule has 0 saturated heterocycles. The molecule has 0 aliphatic heterocycles. The maximum Gasteiger partial charge on any atom is 0.416 e. The smallest absolute Gasteiger partial charge is 0.416 e. The molecule has 154 valence electrons. The predicted molar refractivity (Wildman–Crippen MR) is 98.8 cm³/mol. The van der Waals surface area contributed by atoms with Gasteiger partial charge in [0.2, 0.25) is 0 Å². The van der Waals surface area contributed by atoms with Gasteiger partial charge in [-0.1, -0.05) is 6.07 Å². The molecule has 0 radical (unpaired) electrons. The number of aromatic hydroxyl groups is 1. The number of halogens is 3. The lowest BCUT2D eigenvalue weighted by molar-refractivity contribution is -0.137. The predicted octanol–water partition coefficient (Wildman–Crippen LogP) is 3.67. The van der Waals surface area contributed by atoms with Crippen LogP contribution in [0.4, 0.5) is 13.2 Å². The summed E-state index contributed by atoms with van der Waals surface area (Å²) in [5.41, 5.74) is 2.42. The Kier molecular flexibility index (Phi) is 5.86. The molecule has 3 rings (SSSR count). The van der Waals surface area contributed by atoms with Crippen molar-refractivity contribution in [2.45, 2.75) is 6.18 Å². The summed E-state index contributed by atoms with van der Waals surface area (Å²) in [7, 11) is 0. The highest BCUT2D eigenvalue weighted by Gasteiger charge is 2.31. The minimum atomic E-state index is -4.69. The molecule has 0 atom stereocenters. The molecule has 7 nitrogen and oxygen atoms in total. The van der Waals surface area contributed by atoms with Crippen LogP contribution in [-0.4, -0.2) is 21.9 Å². The number of nitrogens with one attached hydrogen (secondary N) is 2. The molecule has 0 aliphatic carbocycles. The zero-order chi connectivity index (χ0) is 21.7. The maximum absolute atomic E-state index is 12.8. The van der Waals surface area contributed by atoms with Crippen LogP contribution in [0.3, 0.4) is 0 Å². The van der Waals surface area contributed by atoms with Crippen molar-refractivity contribution in [3.8, 4) is 17.2 Å². The number of phenolic OH excluding ortho intramolecular Hbond substituents is 1. The number of hydrogen-bond donors (Lipinski definition) is 3. The standard InChI is InChI=1S/C20H14F3N3O4/c21-20(22,23)13-4-5-17(27)16(11-13)19(29)26-25-18(28)12-2-1-3-15(10-12)30-14-6-8-24-9-7-14/h1-11,27H,(H,25,28)(H,26,29). The van der Waals surface area contributed by atoms with E-state index in [4.69, 9.17) is 4.74 Å². The molecule has 3 aromatic rings. The lowest BCUT2D eigenvalue weighted by Crippen LogP contribution is -2.41. The second-order valence-electron chi connectivity index (χ2n) is 5.95. The van der Waals surface area contributed by atoms with Gasteiger partial charge in [-0.05, 0) is 48.5 Å². The van der Waals surface area contributed by atoms with E-state index in [1.54, 1.807) is 24.3 Å². The Balaban J connectivity index is 1.67. The van der Waals surface area contributed by atoms with Crippen molar-refractivity contribution in [3.63, 3.8) is 0 Å². The van der Waals surface area contributed by atoms with Crippen molar-refractivity contribution < 1.29 is 32.6 Å². The average Bonchev–Trinajstić information content (AvgIpc) is 2.72. The number of carbonyl (C=O) groups is 2. The first kappa shape index (κ1) is 20.6. The molecule has 0 aliphatic rings. The van der Waals surface area contributed by atoms with Crippen molar-refractivity contribution >= 4 is 11.8 Å². The monoisotopic (exact) mass is 417 g/mol. The van der Waals surface area contributed by atoms with E-state index in [1.165, 1.54) is 24.5 Å². The Bertz CT molecular complexity index is 1070. The third-order valence-electron chi connectivity index (χ3n) is 3.84. The SMILES string of the molecule is O=C(NNC(=O)c1cc(C(F)(F)F)ccc1O)c1cccc(Oc2ccncc2)c1. The normalized spacial score (nSPS) is 10.9. The Hall–Kier alpha value is -4.08. The van der Waals surface area contributed by atoms with Crippen molar-refractivity contribution in [3.05, 3.63) is 83.7 Å². The lowest BCUT2D eigenvalue weighted by atomic mass is 10.1. The number of carbonyl (C=O) groups excluding carboxylic acids is 2. The Morgan fingerprint density at radius 3 is 2.30 bits per heavy atom. The summed E-state index contributed by atoms with van der Waals surface area (Å²) < 4.78 is 44.0. The molecule has 3 N–H and O–H groups in total. The van der Waals surface area contributed by atoms with E-state index in [2.05, 4.69) is 10.4 Å². The highest BCUT2D eigenvalue weighted by molar-refractivity contribution is 6.00. The molecule has 0 fully saturated rings. The summed E-state index contributed by atoms with van der Waals surface area (Å²) in [5.74, 6) is -1.68.